The quantitative estimate of drug-likeness (QED) is 0.490. The summed E-state index contributed by atoms with van der Waals surface area (Å²) in [6.07, 6.45) is 13.9. The highest BCUT2D eigenvalue weighted by Gasteiger charge is 2.59. The van der Waals surface area contributed by atoms with Gasteiger partial charge in [-0.3, -0.25) is 0 Å². The zero-order valence-corrected chi connectivity index (χ0v) is 14.8. The number of fused-ring (bicyclic) bond motifs is 5. The zero-order valence-electron chi connectivity index (χ0n) is 14.8. The first-order valence-corrected chi connectivity index (χ1v) is 9.95. The van der Waals surface area contributed by atoms with E-state index in [1.165, 1.54) is 25.7 Å². The minimum atomic E-state index is 0.701. The maximum absolute atomic E-state index is 2.71. The van der Waals surface area contributed by atoms with Gasteiger partial charge in [0.15, 0.2) is 0 Å². The lowest BCUT2D eigenvalue weighted by atomic mass is 9.44. The Morgan fingerprint density at radius 1 is 0.714 bits per heavy atom. The van der Waals surface area contributed by atoms with Gasteiger partial charge in [0.2, 0.25) is 0 Å². The highest BCUT2D eigenvalue weighted by atomic mass is 14.6. The van der Waals surface area contributed by atoms with Gasteiger partial charge in [0.05, 0.1) is 0 Å². The lowest BCUT2D eigenvalue weighted by Crippen LogP contribution is -2.53. The second-order valence-electron chi connectivity index (χ2n) is 10.1. The molecule has 0 amide bonds. The van der Waals surface area contributed by atoms with Crippen molar-refractivity contribution in [2.75, 3.05) is 0 Å². The molecule has 8 atom stereocenters. The van der Waals surface area contributed by atoms with Crippen molar-refractivity contribution in [3.8, 4) is 0 Å². The van der Waals surface area contributed by atoms with E-state index in [0.717, 1.165) is 35.5 Å². The topological polar surface area (TPSA) is 0 Å². The summed E-state index contributed by atoms with van der Waals surface area (Å²) in [4.78, 5) is 0. The summed E-state index contributed by atoms with van der Waals surface area (Å²) in [7, 11) is 0. The van der Waals surface area contributed by atoms with Gasteiger partial charge < -0.3 is 0 Å². The van der Waals surface area contributed by atoms with E-state index >= 15 is 0 Å². The monoisotopic (exact) mass is 288 g/mol. The molecule has 0 heterocycles. The molecule has 21 heavy (non-hydrogen) atoms. The smallest absolute Gasteiger partial charge is 0.0266 e. The summed E-state index contributed by atoms with van der Waals surface area (Å²) in [5.74, 6) is 6.28. The minimum Gasteiger partial charge on any atom is -0.0625 e. The van der Waals surface area contributed by atoms with E-state index < -0.39 is 0 Å². The maximum atomic E-state index is 2.71. The van der Waals surface area contributed by atoms with Gasteiger partial charge >= 0.3 is 0 Å². The molecular formula is C21H36. The largest absolute Gasteiger partial charge is 0.0625 e. The SMILES string of the molecule is C[C@H]1CC[C@]2(C)C3CC[C@@]4(C)C(CC[C@@H]4C)C3CC[C@H]2C1. The molecule has 0 nitrogen and oxygen atoms in total. The standard InChI is InChI=1S/C21H36/c1-14-9-11-21(4)16(13-14)6-7-17-18-8-5-15(2)20(18,3)12-10-19(17)21/h14-19H,5-13H2,1-4H3/t14-,15-,16-,17?,18?,19?,20+,21-/m0/s1. The molecule has 0 aliphatic heterocycles. The van der Waals surface area contributed by atoms with E-state index in [1.807, 2.05) is 0 Å². The van der Waals surface area contributed by atoms with Crippen LogP contribution in [0.3, 0.4) is 0 Å². The van der Waals surface area contributed by atoms with Crippen LogP contribution < -0.4 is 0 Å². The first-order valence-electron chi connectivity index (χ1n) is 9.95. The number of hydrogen-bond acceptors (Lipinski definition) is 0. The molecule has 0 radical (unpaired) electrons. The van der Waals surface area contributed by atoms with Gasteiger partial charge in [0.1, 0.15) is 0 Å². The summed E-state index contributed by atoms with van der Waals surface area (Å²) in [5, 5.41) is 0. The Morgan fingerprint density at radius 2 is 1.43 bits per heavy atom. The minimum absolute atomic E-state index is 0.701. The molecule has 4 aliphatic rings. The third-order valence-corrected chi connectivity index (χ3v) is 9.40. The molecule has 4 rings (SSSR count). The van der Waals surface area contributed by atoms with Gasteiger partial charge in [-0.15, -0.1) is 0 Å². The van der Waals surface area contributed by atoms with Crippen molar-refractivity contribution in [2.24, 2.45) is 46.3 Å². The van der Waals surface area contributed by atoms with E-state index in [0.29, 0.717) is 10.8 Å². The first-order chi connectivity index (χ1) is 9.95. The summed E-state index contributed by atoms with van der Waals surface area (Å²) < 4.78 is 0. The van der Waals surface area contributed by atoms with Crippen LogP contribution in [0.25, 0.3) is 0 Å². The van der Waals surface area contributed by atoms with Crippen LogP contribution in [-0.4, -0.2) is 0 Å². The summed E-state index contributed by atoms with van der Waals surface area (Å²) in [6.45, 7) is 10.4. The van der Waals surface area contributed by atoms with Crippen LogP contribution in [0.1, 0.15) is 85.5 Å². The maximum Gasteiger partial charge on any atom is -0.0266 e. The summed E-state index contributed by atoms with van der Waals surface area (Å²) in [5.41, 5.74) is 1.41. The van der Waals surface area contributed by atoms with Crippen LogP contribution in [-0.2, 0) is 0 Å². The Labute approximate surface area is 132 Å². The molecule has 0 N–H and O–H groups in total. The third kappa shape index (κ3) is 1.93. The molecule has 3 unspecified atom stereocenters. The Balaban J connectivity index is 1.62. The lowest BCUT2D eigenvalue weighted by molar-refractivity contribution is -0.115. The Morgan fingerprint density at radius 3 is 2.24 bits per heavy atom. The van der Waals surface area contributed by atoms with Gasteiger partial charge in [0.25, 0.3) is 0 Å². The van der Waals surface area contributed by atoms with Gasteiger partial charge in [-0.05, 0) is 97.7 Å². The van der Waals surface area contributed by atoms with Crippen LogP contribution in [0.4, 0.5) is 0 Å². The lowest BCUT2D eigenvalue weighted by Gasteiger charge is -2.61. The second-order valence-corrected chi connectivity index (χ2v) is 10.1. The fourth-order valence-corrected chi connectivity index (χ4v) is 7.74. The Hall–Kier alpha value is 0. The number of rotatable bonds is 0. The predicted molar refractivity (Wildman–Crippen MR) is 90.1 cm³/mol. The van der Waals surface area contributed by atoms with Crippen molar-refractivity contribution in [1.29, 1.82) is 0 Å². The van der Waals surface area contributed by atoms with Gasteiger partial charge in [0, 0.05) is 0 Å². The van der Waals surface area contributed by atoms with E-state index in [-0.39, 0.29) is 0 Å². The van der Waals surface area contributed by atoms with E-state index in [1.54, 1.807) is 32.1 Å². The van der Waals surface area contributed by atoms with Crippen LogP contribution in [0.2, 0.25) is 0 Å². The highest BCUT2D eigenvalue weighted by molar-refractivity contribution is 5.08. The Kier molecular flexibility index (Phi) is 3.30. The van der Waals surface area contributed by atoms with Gasteiger partial charge in [-0.25, -0.2) is 0 Å². The van der Waals surface area contributed by atoms with Crippen LogP contribution >= 0.6 is 0 Å². The van der Waals surface area contributed by atoms with Crippen molar-refractivity contribution in [2.45, 2.75) is 85.5 Å². The van der Waals surface area contributed by atoms with E-state index in [4.69, 9.17) is 0 Å². The van der Waals surface area contributed by atoms with Crippen LogP contribution in [0.5, 0.6) is 0 Å². The molecule has 0 aromatic carbocycles. The molecule has 4 fully saturated rings. The predicted octanol–water partition coefficient (Wildman–Crippen LogP) is 6.30. The summed E-state index contributed by atoms with van der Waals surface area (Å²) in [6, 6.07) is 0. The highest BCUT2D eigenvalue weighted by Crippen LogP contribution is 2.67. The van der Waals surface area contributed by atoms with Crippen molar-refractivity contribution < 1.29 is 0 Å². The molecule has 4 saturated carbocycles. The fraction of sp³-hybridized carbons (Fsp3) is 1.00. The molecule has 0 aromatic heterocycles. The van der Waals surface area contributed by atoms with Crippen LogP contribution in [0.15, 0.2) is 0 Å². The molecule has 0 saturated heterocycles. The normalized spacial score (nSPS) is 60.0. The summed E-state index contributed by atoms with van der Waals surface area (Å²) >= 11 is 0. The first kappa shape index (κ1) is 14.6. The van der Waals surface area contributed by atoms with Gasteiger partial charge in [-0.2, -0.15) is 0 Å². The molecular weight excluding hydrogens is 252 g/mol. The van der Waals surface area contributed by atoms with Crippen molar-refractivity contribution >= 4 is 0 Å². The van der Waals surface area contributed by atoms with Crippen molar-refractivity contribution in [1.82, 2.24) is 0 Å². The average molecular weight is 289 g/mol. The fourth-order valence-electron chi connectivity index (χ4n) is 7.74. The van der Waals surface area contributed by atoms with Crippen molar-refractivity contribution in [3.63, 3.8) is 0 Å². The molecule has 0 heteroatoms. The molecule has 0 spiro atoms. The second kappa shape index (κ2) is 4.75. The number of hydrogen-bond donors (Lipinski definition) is 0. The third-order valence-electron chi connectivity index (χ3n) is 9.40. The van der Waals surface area contributed by atoms with Crippen LogP contribution in [0, 0.1) is 46.3 Å². The molecule has 120 valence electrons. The average Bonchev–Trinajstić information content (AvgIpc) is 2.76. The van der Waals surface area contributed by atoms with Crippen molar-refractivity contribution in [3.05, 3.63) is 0 Å². The Bertz CT molecular complexity index is 412. The molecule has 0 aromatic rings. The zero-order chi connectivity index (χ0) is 14.8. The van der Waals surface area contributed by atoms with Gasteiger partial charge in [-0.1, -0.05) is 34.1 Å². The van der Waals surface area contributed by atoms with E-state index in [9.17, 15) is 0 Å². The molecule has 0 bridgehead atoms. The van der Waals surface area contributed by atoms with E-state index in [2.05, 4.69) is 27.7 Å². The molecule has 4 aliphatic carbocycles.